The van der Waals surface area contributed by atoms with Crippen LogP contribution in [0.25, 0.3) is 0 Å². The predicted octanol–water partition coefficient (Wildman–Crippen LogP) is 1.20. The Labute approximate surface area is 140 Å². The topological polar surface area (TPSA) is 88.3 Å². The Morgan fingerprint density at radius 1 is 1.32 bits per heavy atom. The summed E-state index contributed by atoms with van der Waals surface area (Å²) in [7, 11) is 0. The van der Waals surface area contributed by atoms with Gasteiger partial charge in [0, 0.05) is 37.9 Å². The molecule has 0 atom stereocenters. The first-order valence-corrected chi connectivity index (χ1v) is 8.29. The quantitative estimate of drug-likeness (QED) is 0.810. The highest BCUT2D eigenvalue weighted by Crippen LogP contribution is 2.11. The summed E-state index contributed by atoms with van der Waals surface area (Å²) in [6, 6.07) is 0. The monoisotopic (exact) mass is 346 g/mol. The lowest BCUT2D eigenvalue weighted by molar-refractivity contribution is -0.131. The highest BCUT2D eigenvalue weighted by molar-refractivity contribution is 7.09. The number of rotatable bonds is 6. The molecule has 2 rings (SSSR count). The molecule has 1 saturated heterocycles. The number of likely N-dealkylation sites (tertiary alicyclic amines) is 1. The van der Waals surface area contributed by atoms with Crippen molar-refractivity contribution < 1.29 is 9.59 Å². The zero-order valence-corrected chi connectivity index (χ0v) is 14.2. The van der Waals surface area contributed by atoms with Crippen LogP contribution in [0.1, 0.15) is 41.2 Å². The molecule has 0 aromatic carbocycles. The second kappa shape index (κ2) is 9.76. The van der Waals surface area contributed by atoms with Gasteiger partial charge in [-0.3, -0.25) is 9.59 Å². The van der Waals surface area contributed by atoms with Gasteiger partial charge in [-0.05, 0) is 25.8 Å². The van der Waals surface area contributed by atoms with Crippen LogP contribution in [-0.2, 0) is 11.2 Å². The van der Waals surface area contributed by atoms with Crippen LogP contribution in [-0.4, -0.2) is 47.9 Å². The van der Waals surface area contributed by atoms with E-state index in [1.54, 1.807) is 5.38 Å². The maximum Gasteiger partial charge on any atom is 0.270 e. The number of aromatic nitrogens is 1. The molecule has 1 fully saturated rings. The SMILES string of the molecule is Cl.NCCc1nc(C(=O)NCCC(=O)N2CCCCC2)cs1. The van der Waals surface area contributed by atoms with Crippen molar-refractivity contribution in [1.82, 2.24) is 15.2 Å². The number of amides is 2. The fourth-order valence-corrected chi connectivity index (χ4v) is 3.12. The standard InChI is InChI=1S/C14H22N4O2S.ClH/c15-6-4-12-17-11(10-21-12)14(20)16-7-5-13(19)18-8-2-1-3-9-18;/h10H,1-9,15H2,(H,16,20);1H. The van der Waals surface area contributed by atoms with Gasteiger partial charge in [0.25, 0.3) is 5.91 Å². The van der Waals surface area contributed by atoms with Crippen molar-refractivity contribution in [3.63, 3.8) is 0 Å². The van der Waals surface area contributed by atoms with E-state index in [2.05, 4.69) is 10.3 Å². The number of hydrogen-bond donors (Lipinski definition) is 2. The second-order valence-corrected chi connectivity index (χ2v) is 6.06. The molecule has 2 amide bonds. The van der Waals surface area contributed by atoms with Crippen LogP contribution >= 0.6 is 23.7 Å². The minimum atomic E-state index is -0.221. The van der Waals surface area contributed by atoms with E-state index in [9.17, 15) is 9.59 Å². The van der Waals surface area contributed by atoms with Crippen LogP contribution in [0, 0.1) is 0 Å². The van der Waals surface area contributed by atoms with E-state index in [1.807, 2.05) is 4.90 Å². The smallest absolute Gasteiger partial charge is 0.270 e. The number of carbonyl (C=O) groups excluding carboxylic acids is 2. The summed E-state index contributed by atoms with van der Waals surface area (Å²) in [5.41, 5.74) is 5.87. The Morgan fingerprint density at radius 3 is 2.73 bits per heavy atom. The average Bonchev–Trinajstić information content (AvgIpc) is 2.97. The number of nitrogens with two attached hydrogens (primary N) is 1. The van der Waals surface area contributed by atoms with Gasteiger partial charge in [0.2, 0.25) is 5.91 Å². The van der Waals surface area contributed by atoms with Crippen LogP contribution in [0.2, 0.25) is 0 Å². The molecule has 3 N–H and O–H groups in total. The number of halogens is 1. The Bertz CT molecular complexity index is 489. The molecule has 6 nitrogen and oxygen atoms in total. The molecule has 2 heterocycles. The maximum absolute atomic E-state index is 12.0. The van der Waals surface area contributed by atoms with Gasteiger partial charge in [-0.1, -0.05) is 0 Å². The zero-order valence-electron chi connectivity index (χ0n) is 12.5. The van der Waals surface area contributed by atoms with Crippen LogP contribution < -0.4 is 11.1 Å². The first kappa shape index (κ1) is 18.9. The maximum atomic E-state index is 12.0. The van der Waals surface area contributed by atoms with E-state index in [4.69, 9.17) is 5.73 Å². The first-order valence-electron chi connectivity index (χ1n) is 7.41. The van der Waals surface area contributed by atoms with E-state index in [1.165, 1.54) is 17.8 Å². The van der Waals surface area contributed by atoms with Gasteiger partial charge in [-0.2, -0.15) is 0 Å². The summed E-state index contributed by atoms with van der Waals surface area (Å²) in [4.78, 5) is 30.0. The number of hydrogen-bond acceptors (Lipinski definition) is 5. The summed E-state index contributed by atoms with van der Waals surface area (Å²) >= 11 is 1.44. The van der Waals surface area contributed by atoms with Crippen molar-refractivity contribution in [1.29, 1.82) is 0 Å². The third-order valence-corrected chi connectivity index (χ3v) is 4.38. The van der Waals surface area contributed by atoms with E-state index in [-0.39, 0.29) is 24.2 Å². The van der Waals surface area contributed by atoms with Crippen LogP contribution in [0.15, 0.2) is 5.38 Å². The third-order valence-electron chi connectivity index (χ3n) is 3.48. The highest BCUT2D eigenvalue weighted by Gasteiger charge is 2.16. The van der Waals surface area contributed by atoms with Crippen molar-refractivity contribution in [3.8, 4) is 0 Å². The Balaban J connectivity index is 0.00000242. The molecule has 124 valence electrons. The van der Waals surface area contributed by atoms with Crippen molar-refractivity contribution in [2.24, 2.45) is 5.73 Å². The second-order valence-electron chi connectivity index (χ2n) is 5.11. The Morgan fingerprint density at radius 2 is 2.05 bits per heavy atom. The molecule has 22 heavy (non-hydrogen) atoms. The molecule has 0 aliphatic carbocycles. The number of nitrogens with zero attached hydrogens (tertiary/aromatic N) is 2. The lowest BCUT2D eigenvalue weighted by Crippen LogP contribution is -2.37. The van der Waals surface area contributed by atoms with Gasteiger partial charge >= 0.3 is 0 Å². The fraction of sp³-hybridized carbons (Fsp3) is 0.643. The predicted molar refractivity (Wildman–Crippen MR) is 89.5 cm³/mol. The number of carbonyl (C=O) groups is 2. The van der Waals surface area contributed by atoms with Gasteiger partial charge in [0.1, 0.15) is 5.69 Å². The van der Waals surface area contributed by atoms with Crippen LogP contribution in [0.5, 0.6) is 0 Å². The molecule has 0 spiro atoms. The van der Waals surface area contributed by atoms with E-state index in [0.717, 1.165) is 30.9 Å². The fourth-order valence-electron chi connectivity index (χ4n) is 2.33. The van der Waals surface area contributed by atoms with Crippen LogP contribution in [0.4, 0.5) is 0 Å². The Kier molecular flexibility index (Phi) is 8.37. The third kappa shape index (κ3) is 5.55. The highest BCUT2D eigenvalue weighted by atomic mass is 35.5. The summed E-state index contributed by atoms with van der Waals surface area (Å²) in [6.45, 7) is 2.58. The molecule has 8 heteroatoms. The van der Waals surface area contributed by atoms with Crippen molar-refractivity contribution >= 4 is 35.6 Å². The molecule has 1 aromatic heterocycles. The van der Waals surface area contributed by atoms with Gasteiger partial charge in [0.05, 0.1) is 5.01 Å². The normalized spacial score (nSPS) is 14.3. The first-order chi connectivity index (χ1) is 10.2. The Hall–Kier alpha value is -1.18. The molecule has 0 radical (unpaired) electrons. The zero-order chi connectivity index (χ0) is 15.1. The molecule has 0 unspecified atom stereocenters. The van der Waals surface area contributed by atoms with E-state index in [0.29, 0.717) is 31.6 Å². The van der Waals surface area contributed by atoms with Gasteiger partial charge in [-0.25, -0.2) is 4.98 Å². The molecular weight excluding hydrogens is 324 g/mol. The van der Waals surface area contributed by atoms with Crippen molar-refractivity contribution in [3.05, 3.63) is 16.1 Å². The number of thiazole rings is 1. The molecular formula is C14H23ClN4O2S. The molecule has 1 aliphatic heterocycles. The summed E-state index contributed by atoms with van der Waals surface area (Å²) in [5, 5.41) is 5.35. The summed E-state index contributed by atoms with van der Waals surface area (Å²) < 4.78 is 0. The molecule has 1 aromatic rings. The van der Waals surface area contributed by atoms with Gasteiger partial charge in [0.15, 0.2) is 0 Å². The lowest BCUT2D eigenvalue weighted by Gasteiger charge is -2.26. The van der Waals surface area contributed by atoms with Crippen molar-refractivity contribution in [2.75, 3.05) is 26.2 Å². The van der Waals surface area contributed by atoms with E-state index < -0.39 is 0 Å². The minimum Gasteiger partial charge on any atom is -0.350 e. The summed E-state index contributed by atoms with van der Waals surface area (Å²) in [6.07, 6.45) is 4.41. The minimum absolute atomic E-state index is 0. The summed E-state index contributed by atoms with van der Waals surface area (Å²) in [5.74, 6) is -0.0990. The molecule has 0 saturated carbocycles. The lowest BCUT2D eigenvalue weighted by atomic mass is 10.1. The van der Waals surface area contributed by atoms with Gasteiger partial charge in [-0.15, -0.1) is 23.7 Å². The van der Waals surface area contributed by atoms with Gasteiger partial charge < -0.3 is 16.0 Å². The molecule has 0 bridgehead atoms. The van der Waals surface area contributed by atoms with E-state index >= 15 is 0 Å². The molecule has 1 aliphatic rings. The number of nitrogens with one attached hydrogen (secondary N) is 1. The number of piperidine rings is 1. The van der Waals surface area contributed by atoms with Crippen LogP contribution in [0.3, 0.4) is 0 Å². The largest absolute Gasteiger partial charge is 0.350 e. The van der Waals surface area contributed by atoms with Crippen molar-refractivity contribution in [2.45, 2.75) is 32.1 Å². The average molecular weight is 347 g/mol.